The number of esters is 1. The molecule has 7 aliphatic heterocycles. The Kier molecular flexibility index (Phi) is 29.7. The van der Waals surface area contributed by atoms with Crippen LogP contribution in [0.5, 0.6) is 0 Å². The van der Waals surface area contributed by atoms with Crippen molar-refractivity contribution >= 4 is 23.9 Å². The van der Waals surface area contributed by atoms with Gasteiger partial charge < -0.3 is 178 Å². The molecule has 7 saturated heterocycles. The molecule has 0 radical (unpaired) electrons. The lowest BCUT2D eigenvalue weighted by molar-refractivity contribution is -0.384. The number of fused-ring (bicyclic) bond motifs is 7. The number of hydrogen-bond donors (Lipinski definition) is 20. The van der Waals surface area contributed by atoms with Crippen LogP contribution >= 0.6 is 0 Å². The number of carbonyl (C=O) groups excluding carboxylic acids is 4. The number of hydrogen-bond acceptors (Lipinski definition) is 37. The highest BCUT2D eigenvalue weighted by molar-refractivity contribution is 5.80. The summed E-state index contributed by atoms with van der Waals surface area (Å²) in [7, 11) is 0. The summed E-state index contributed by atoms with van der Waals surface area (Å²) >= 11 is 0. The summed E-state index contributed by atoms with van der Waals surface area (Å²) in [6.45, 7) is 16.9. The third-order valence-corrected chi connectivity index (χ3v) is 29.9. The summed E-state index contributed by atoms with van der Waals surface area (Å²) in [5.74, 6) is -3.93. The van der Waals surface area contributed by atoms with E-state index >= 15 is 4.79 Å². The monoisotopic (exact) mass is 1710 g/mol. The van der Waals surface area contributed by atoms with Gasteiger partial charge >= 0.3 is 5.97 Å². The molecule has 38 heteroatoms. The van der Waals surface area contributed by atoms with E-state index in [0.29, 0.717) is 44.9 Å². The molecule has 45 atom stereocenters. The fourth-order valence-corrected chi connectivity index (χ4v) is 22.3. The number of carbonyl (C=O) groups is 4. The van der Waals surface area contributed by atoms with Crippen LogP contribution in [0.25, 0.3) is 0 Å². The van der Waals surface area contributed by atoms with Gasteiger partial charge in [-0.05, 0) is 136 Å². The number of nitrogens with one attached hydrogen (secondary N) is 1. The molecule has 0 aromatic carbocycles. The predicted octanol–water partition coefficient (Wildman–Crippen LogP) is -4.53. The summed E-state index contributed by atoms with van der Waals surface area (Å²) in [6.07, 6.45) is -53.4. The normalized spacial score (nSPS) is 50.8. The molecular weight excluding hydrogens is 1580 g/mol. The second-order valence-electron chi connectivity index (χ2n) is 37.8. The molecule has 11 fully saturated rings. The minimum absolute atomic E-state index is 0.00693. The van der Waals surface area contributed by atoms with Gasteiger partial charge in [0.15, 0.2) is 43.8 Å². The van der Waals surface area contributed by atoms with Crippen LogP contribution in [0, 0.1) is 62.1 Å². The van der Waals surface area contributed by atoms with Crippen LogP contribution < -0.4 is 5.32 Å². The first kappa shape index (κ1) is 94.9. The molecule has 1 amide bonds. The number of aliphatic hydroxyl groups excluding tert-OH is 19. The number of rotatable bonds is 26. The molecule has 5 aliphatic carbocycles. The SMILES string of the molecule is CC[C@@H](C)[C@@H](CC(C)=O)C[C@H](O)CC(=O)N[C@H]1C(CO)O[C@@H](OC(=O)[C@]23CCC(C)(C)CC2C2=CCC4C5(C)CC[C@H](O[C@@H]6OC[C@@H](O)[C@H](O[C@@H]7OC[C@@H](O)[C@H](O)C7O)C6O[C@@H]6OC(CO)[C@H](O)[C@H](O)C6O)[C@](C)(C=O)[C@@H]5CCC4(C)[C@]2(C)CC3O)[C@H](O[C@@H]2OC(C)[C@H](O[C@@H]3OC[C@@H](O)C(O)[C@H]3O)C(O)[C@@H]2O)C1O[C@@H]1OC(C)[C@H](O)[C@H](O)C1O. The minimum Gasteiger partial charge on any atom is -0.432 e. The summed E-state index contributed by atoms with van der Waals surface area (Å²) in [6, 6.07) is -1.71. The van der Waals surface area contributed by atoms with Crippen molar-refractivity contribution in [3.05, 3.63) is 11.6 Å². The second-order valence-corrected chi connectivity index (χ2v) is 37.8. The molecule has 4 saturated carbocycles. The molecule has 38 nitrogen and oxygen atoms in total. The zero-order chi connectivity index (χ0) is 87.2. The Bertz CT molecular complexity index is 3480. The zero-order valence-corrected chi connectivity index (χ0v) is 69.3. The van der Waals surface area contributed by atoms with Gasteiger partial charge in [-0.15, -0.1) is 0 Å². The number of ketones is 1. The first-order valence-electron chi connectivity index (χ1n) is 42.2. The standard InChI is InChI=1S/C81H131NO37/c1-12-32(2)36(21-33(3)86)22-37(87)23-49(92)82-50-43(26-83)111-74(67(65(50)116-70-60(102)55(97)51(93)34(4)109-70)118-71-62(104)57(99)63(35(5)110-71)114-68-58(100)52(94)40(88)28-106-68)119-75(105)81-20-19-76(6,7)24-39(81)38-13-14-46-77(8)17-16-48(78(9,31-85)45(77)15-18-79(46,10)80(38,11)25-47(81)91)113-73-66(117-72-61(103)56(98)54(96)44(27-84)112-72)64(42(90)30-108-73)115-69-59(101)53(95)41(89)29-107-69/h13,31-32,34-37,39-48,50-74,83-84,87-91,93-104H,12,14-30H2,1-11H3,(H,82,92)/t32-,34?,35?,36+,37+,39?,40-,41-,42-,43?,44?,45-,46?,47?,48+,50+,51+,52?,53+,54+,55+,56+,57?,58-,59?,60?,61?,62+,63+,64+,65?,66?,67-,68+,69+,70+,71+,72+,73+,74+,77?,78-,79?,80-,81-/m1/s1. The van der Waals surface area contributed by atoms with E-state index in [1.807, 2.05) is 13.8 Å². The Morgan fingerprint density at radius 1 is 0.546 bits per heavy atom. The van der Waals surface area contributed by atoms with E-state index in [1.165, 1.54) is 20.8 Å². The van der Waals surface area contributed by atoms with Crippen LogP contribution in [0.1, 0.15) is 160 Å². The van der Waals surface area contributed by atoms with Gasteiger partial charge in [-0.3, -0.25) is 9.59 Å². The third-order valence-electron chi connectivity index (χ3n) is 29.9. The molecule has 0 aromatic heterocycles. The number of ether oxygens (including phenoxy) is 14. The molecule has 7 heterocycles. The quantitative estimate of drug-likeness (QED) is 0.0168. The Balaban J connectivity index is 0.862. The van der Waals surface area contributed by atoms with Crippen molar-refractivity contribution in [2.24, 2.45) is 62.1 Å². The van der Waals surface area contributed by atoms with Gasteiger partial charge in [0.1, 0.15) is 146 Å². The van der Waals surface area contributed by atoms with Crippen molar-refractivity contribution in [2.45, 2.75) is 375 Å². The topological polar surface area (TPSA) is 594 Å². The lowest BCUT2D eigenvalue weighted by Gasteiger charge is -2.71. The van der Waals surface area contributed by atoms with Gasteiger partial charge in [0.2, 0.25) is 12.2 Å². The van der Waals surface area contributed by atoms with Crippen molar-refractivity contribution < 1.29 is 183 Å². The van der Waals surface area contributed by atoms with Gasteiger partial charge in [-0.25, -0.2) is 0 Å². The van der Waals surface area contributed by atoms with E-state index in [0.717, 1.165) is 11.9 Å². The highest BCUT2D eigenvalue weighted by Crippen LogP contribution is 2.76. The van der Waals surface area contributed by atoms with Crippen LogP contribution in [-0.4, -0.2) is 369 Å². The van der Waals surface area contributed by atoms with Crippen LogP contribution in [0.3, 0.4) is 0 Å². The maximum Gasteiger partial charge on any atom is 0.317 e. The number of allylic oxidation sites excluding steroid dienone is 2. The average molecular weight is 1710 g/mol. The number of Topliss-reactive ketones (excluding diaryl/α,β-unsaturated/α-hetero) is 1. The van der Waals surface area contributed by atoms with E-state index in [4.69, 9.17) is 66.3 Å². The van der Waals surface area contributed by atoms with E-state index in [2.05, 4.69) is 46.0 Å². The fourth-order valence-electron chi connectivity index (χ4n) is 22.3. The lowest BCUT2D eigenvalue weighted by atomic mass is 9.33. The van der Waals surface area contributed by atoms with Gasteiger partial charge in [0, 0.05) is 6.42 Å². The van der Waals surface area contributed by atoms with Crippen LogP contribution in [0.2, 0.25) is 0 Å². The van der Waals surface area contributed by atoms with Crippen molar-refractivity contribution in [1.29, 1.82) is 0 Å². The molecule has 0 spiro atoms. The summed E-state index contributed by atoms with van der Waals surface area (Å²) in [4.78, 5) is 58.0. The molecule has 20 N–H and O–H groups in total. The highest BCUT2D eigenvalue weighted by atomic mass is 16.8. The Morgan fingerprint density at radius 2 is 1.08 bits per heavy atom. The molecule has 12 aliphatic rings. The number of aliphatic hydroxyl groups is 19. The van der Waals surface area contributed by atoms with Gasteiger partial charge in [-0.1, -0.05) is 73.5 Å². The Labute approximate surface area is 690 Å². The zero-order valence-electron chi connectivity index (χ0n) is 69.3. The lowest BCUT2D eigenvalue weighted by Crippen LogP contribution is -2.71. The third kappa shape index (κ3) is 17.9. The maximum atomic E-state index is 16.6. The maximum absolute atomic E-state index is 16.6. The fraction of sp³-hybridized carbons (Fsp3) is 0.926. The summed E-state index contributed by atoms with van der Waals surface area (Å²) in [5.41, 5.74) is -5.12. The van der Waals surface area contributed by atoms with E-state index in [9.17, 15) is 111 Å². The van der Waals surface area contributed by atoms with E-state index in [1.54, 1.807) is 6.92 Å². The van der Waals surface area contributed by atoms with Crippen LogP contribution in [0.15, 0.2) is 11.6 Å². The van der Waals surface area contributed by atoms with Crippen molar-refractivity contribution in [2.75, 3.05) is 33.0 Å². The summed E-state index contributed by atoms with van der Waals surface area (Å²) < 4.78 is 87.2. The van der Waals surface area contributed by atoms with E-state index < -0.39 is 311 Å². The molecular formula is C81H131NO37. The van der Waals surface area contributed by atoms with E-state index in [-0.39, 0.29) is 55.6 Å². The Hall–Kier alpha value is -3.26. The van der Waals surface area contributed by atoms with Gasteiger partial charge in [0.05, 0.1) is 81.4 Å². The molecule has 682 valence electrons. The van der Waals surface area contributed by atoms with Crippen LogP contribution in [0.4, 0.5) is 0 Å². The smallest absolute Gasteiger partial charge is 0.317 e. The second kappa shape index (κ2) is 37.2. The molecule has 12 rings (SSSR count). The van der Waals surface area contributed by atoms with Crippen LogP contribution in [-0.2, 0) is 85.5 Å². The molecule has 0 bridgehead atoms. The van der Waals surface area contributed by atoms with Crippen molar-refractivity contribution in [3.63, 3.8) is 0 Å². The molecule has 0 aromatic rings. The number of amides is 1. The molecule has 119 heavy (non-hydrogen) atoms. The summed E-state index contributed by atoms with van der Waals surface area (Å²) in [5, 5.41) is 216. The Morgan fingerprint density at radius 3 is 1.67 bits per heavy atom. The van der Waals surface area contributed by atoms with Gasteiger partial charge in [0.25, 0.3) is 0 Å². The number of aldehydes is 1. The first-order chi connectivity index (χ1) is 55.9. The minimum atomic E-state index is -2.18. The van der Waals surface area contributed by atoms with Gasteiger partial charge in [-0.2, -0.15) is 0 Å². The molecule has 16 unspecified atom stereocenters. The average Bonchev–Trinajstić information content (AvgIpc) is 0.669. The predicted molar refractivity (Wildman–Crippen MR) is 401 cm³/mol. The first-order valence-corrected chi connectivity index (χ1v) is 42.2. The van der Waals surface area contributed by atoms with Crippen molar-refractivity contribution in [3.8, 4) is 0 Å². The van der Waals surface area contributed by atoms with Crippen molar-refractivity contribution in [1.82, 2.24) is 5.32 Å². The largest absolute Gasteiger partial charge is 0.432 e. The highest BCUT2D eigenvalue weighted by Gasteiger charge is 2.73.